The summed E-state index contributed by atoms with van der Waals surface area (Å²) in [7, 11) is 0. The van der Waals surface area contributed by atoms with E-state index in [1.54, 1.807) is 0 Å². The zero-order valence-corrected chi connectivity index (χ0v) is 13.0. The molecule has 0 aliphatic carbocycles. The molecule has 1 aliphatic rings. The molecular weight excluding hydrogens is 288 g/mol. The smallest absolute Gasteiger partial charge is 0.0211 e. The molecule has 1 fully saturated rings. The summed E-state index contributed by atoms with van der Waals surface area (Å²) in [5.74, 6) is 0. The van der Waals surface area contributed by atoms with E-state index < -0.39 is 0 Å². The van der Waals surface area contributed by atoms with E-state index in [4.69, 9.17) is 0 Å². The molecule has 0 bridgehead atoms. The average molecular weight is 311 g/mol. The van der Waals surface area contributed by atoms with E-state index >= 15 is 0 Å². The first-order valence-corrected chi connectivity index (χ1v) is 7.65. The minimum atomic E-state index is 0.557. The lowest BCUT2D eigenvalue weighted by Crippen LogP contribution is -2.37. The summed E-state index contributed by atoms with van der Waals surface area (Å²) in [5.41, 5.74) is 2.75. The minimum Gasteiger partial charge on any atom is -0.309 e. The predicted molar refractivity (Wildman–Crippen MR) is 80.9 cm³/mol. The molecule has 100 valence electrons. The van der Waals surface area contributed by atoms with Gasteiger partial charge in [0.1, 0.15) is 0 Å². The van der Waals surface area contributed by atoms with Gasteiger partial charge in [0.25, 0.3) is 0 Å². The van der Waals surface area contributed by atoms with Crippen LogP contribution < -0.4 is 5.32 Å². The molecule has 1 aromatic rings. The van der Waals surface area contributed by atoms with E-state index in [1.807, 2.05) is 0 Å². The highest BCUT2D eigenvalue weighted by Crippen LogP contribution is 2.16. The van der Waals surface area contributed by atoms with Crippen LogP contribution in [0.15, 0.2) is 22.7 Å². The largest absolute Gasteiger partial charge is 0.309 e. The van der Waals surface area contributed by atoms with Gasteiger partial charge < -0.3 is 10.2 Å². The van der Waals surface area contributed by atoms with Gasteiger partial charge in [0.2, 0.25) is 0 Å². The molecule has 0 amide bonds. The Morgan fingerprint density at radius 1 is 1.33 bits per heavy atom. The van der Waals surface area contributed by atoms with E-state index in [0.29, 0.717) is 6.04 Å². The second-order valence-corrected chi connectivity index (χ2v) is 6.28. The second kappa shape index (κ2) is 6.69. The van der Waals surface area contributed by atoms with Crippen LogP contribution in [0.3, 0.4) is 0 Å². The molecule has 1 aromatic carbocycles. The Morgan fingerprint density at radius 3 is 2.78 bits per heavy atom. The Kier molecular flexibility index (Phi) is 5.22. The lowest BCUT2D eigenvalue weighted by atomic mass is 10.1. The molecule has 3 heteroatoms. The molecule has 0 spiro atoms. The maximum atomic E-state index is 3.63. The Labute approximate surface area is 119 Å². The normalized spacial score (nSPS) is 18.2. The van der Waals surface area contributed by atoms with Crippen molar-refractivity contribution in [1.29, 1.82) is 0 Å². The lowest BCUT2D eigenvalue weighted by Gasteiger charge is -2.21. The van der Waals surface area contributed by atoms with Gasteiger partial charge in [-0.2, -0.15) is 0 Å². The molecule has 2 nitrogen and oxygen atoms in total. The first kappa shape index (κ1) is 14.0. The van der Waals surface area contributed by atoms with Crippen molar-refractivity contribution in [2.45, 2.75) is 39.3 Å². The van der Waals surface area contributed by atoms with Gasteiger partial charge in [0.15, 0.2) is 0 Å². The Hall–Kier alpha value is -0.380. The number of benzene rings is 1. The Bertz CT molecular complexity index is 386. The van der Waals surface area contributed by atoms with Crippen LogP contribution in [0, 0.1) is 6.92 Å². The molecule has 0 aromatic heterocycles. The summed E-state index contributed by atoms with van der Waals surface area (Å²) in [6.45, 7) is 9.15. The van der Waals surface area contributed by atoms with Gasteiger partial charge in [0, 0.05) is 23.6 Å². The van der Waals surface area contributed by atoms with Crippen molar-refractivity contribution >= 4 is 15.9 Å². The van der Waals surface area contributed by atoms with Crippen LogP contribution in [0.25, 0.3) is 0 Å². The highest BCUT2D eigenvalue weighted by Gasteiger charge is 2.14. The number of nitrogens with one attached hydrogen (secondary N) is 1. The second-order valence-electron chi connectivity index (χ2n) is 5.36. The van der Waals surface area contributed by atoms with Gasteiger partial charge in [-0.3, -0.25) is 0 Å². The number of hydrogen-bond donors (Lipinski definition) is 1. The molecule has 1 heterocycles. The summed E-state index contributed by atoms with van der Waals surface area (Å²) >= 11 is 3.54. The fourth-order valence-electron chi connectivity index (χ4n) is 2.53. The molecule has 1 aliphatic heterocycles. The van der Waals surface area contributed by atoms with E-state index in [9.17, 15) is 0 Å². The van der Waals surface area contributed by atoms with Gasteiger partial charge in [-0.15, -0.1) is 0 Å². The zero-order valence-electron chi connectivity index (χ0n) is 11.4. The highest BCUT2D eigenvalue weighted by molar-refractivity contribution is 9.10. The molecule has 1 N–H and O–H groups in total. The average Bonchev–Trinajstić information content (AvgIpc) is 2.83. The maximum Gasteiger partial charge on any atom is 0.0211 e. The van der Waals surface area contributed by atoms with Crippen molar-refractivity contribution in [2.75, 3.05) is 19.6 Å². The fraction of sp³-hybridized carbons (Fsp3) is 0.600. The van der Waals surface area contributed by atoms with E-state index in [2.05, 4.69) is 58.2 Å². The van der Waals surface area contributed by atoms with E-state index in [0.717, 1.165) is 11.0 Å². The molecule has 2 rings (SSSR count). The molecule has 0 saturated carbocycles. The summed E-state index contributed by atoms with van der Waals surface area (Å²) in [5, 5.41) is 3.63. The van der Waals surface area contributed by atoms with Gasteiger partial charge in [0.05, 0.1) is 0 Å². The summed E-state index contributed by atoms with van der Waals surface area (Å²) in [6, 6.07) is 7.05. The van der Waals surface area contributed by atoms with Gasteiger partial charge in [-0.25, -0.2) is 0 Å². The van der Waals surface area contributed by atoms with Crippen LogP contribution in [-0.2, 0) is 6.54 Å². The monoisotopic (exact) mass is 310 g/mol. The predicted octanol–water partition coefficient (Wildman–Crippen LogP) is 3.33. The van der Waals surface area contributed by atoms with E-state index in [-0.39, 0.29) is 0 Å². The third kappa shape index (κ3) is 4.08. The number of nitrogens with zero attached hydrogens (tertiary/aromatic N) is 1. The highest BCUT2D eigenvalue weighted by atomic mass is 79.9. The first-order valence-electron chi connectivity index (χ1n) is 6.86. The van der Waals surface area contributed by atoms with Crippen LogP contribution in [0.4, 0.5) is 0 Å². The number of likely N-dealkylation sites (tertiary alicyclic amines) is 1. The van der Waals surface area contributed by atoms with Crippen molar-refractivity contribution in [2.24, 2.45) is 0 Å². The molecule has 1 unspecified atom stereocenters. The summed E-state index contributed by atoms with van der Waals surface area (Å²) in [6.07, 6.45) is 2.74. The molecule has 0 radical (unpaired) electrons. The molecular formula is C15H23BrN2. The topological polar surface area (TPSA) is 15.3 Å². The van der Waals surface area contributed by atoms with Crippen molar-refractivity contribution < 1.29 is 0 Å². The minimum absolute atomic E-state index is 0.557. The Morgan fingerprint density at radius 2 is 2.06 bits per heavy atom. The van der Waals surface area contributed by atoms with Crippen LogP contribution in [0.2, 0.25) is 0 Å². The van der Waals surface area contributed by atoms with Gasteiger partial charge in [-0.05, 0) is 63.0 Å². The van der Waals surface area contributed by atoms with Crippen molar-refractivity contribution in [3.05, 3.63) is 33.8 Å². The Balaban J connectivity index is 1.81. The number of hydrogen-bond acceptors (Lipinski definition) is 2. The lowest BCUT2D eigenvalue weighted by molar-refractivity contribution is 0.298. The summed E-state index contributed by atoms with van der Waals surface area (Å²) in [4.78, 5) is 2.56. The summed E-state index contributed by atoms with van der Waals surface area (Å²) < 4.78 is 1.16. The van der Waals surface area contributed by atoms with Crippen LogP contribution >= 0.6 is 15.9 Å². The van der Waals surface area contributed by atoms with Crippen molar-refractivity contribution in [3.8, 4) is 0 Å². The number of aryl methyl sites for hydroxylation is 1. The quantitative estimate of drug-likeness (QED) is 0.897. The standard InChI is InChI=1S/C15H23BrN2/c1-12-5-6-15(16)9-14(12)10-17-13(2)11-18-7-3-4-8-18/h5-6,9,13,17H,3-4,7-8,10-11H2,1-2H3. The molecule has 1 atom stereocenters. The van der Waals surface area contributed by atoms with Crippen LogP contribution in [0.1, 0.15) is 30.9 Å². The third-order valence-electron chi connectivity index (χ3n) is 3.68. The number of halogens is 1. The third-order valence-corrected chi connectivity index (χ3v) is 4.18. The molecule has 18 heavy (non-hydrogen) atoms. The number of rotatable bonds is 5. The van der Waals surface area contributed by atoms with Crippen LogP contribution in [-0.4, -0.2) is 30.6 Å². The first-order chi connectivity index (χ1) is 8.65. The van der Waals surface area contributed by atoms with Gasteiger partial charge in [-0.1, -0.05) is 22.0 Å². The fourth-order valence-corrected chi connectivity index (χ4v) is 2.94. The van der Waals surface area contributed by atoms with Crippen molar-refractivity contribution in [1.82, 2.24) is 10.2 Å². The maximum absolute atomic E-state index is 3.63. The zero-order chi connectivity index (χ0) is 13.0. The van der Waals surface area contributed by atoms with E-state index in [1.165, 1.54) is 43.6 Å². The van der Waals surface area contributed by atoms with Crippen molar-refractivity contribution in [3.63, 3.8) is 0 Å². The van der Waals surface area contributed by atoms with Gasteiger partial charge >= 0.3 is 0 Å². The SMILES string of the molecule is Cc1ccc(Br)cc1CNC(C)CN1CCCC1. The van der Waals surface area contributed by atoms with Crippen LogP contribution in [0.5, 0.6) is 0 Å². The molecule has 1 saturated heterocycles.